The summed E-state index contributed by atoms with van der Waals surface area (Å²) < 4.78 is 0. The zero-order chi connectivity index (χ0) is 19.4. The van der Waals surface area contributed by atoms with Crippen LogP contribution < -0.4 is 5.32 Å². The van der Waals surface area contributed by atoms with Gasteiger partial charge in [0.2, 0.25) is 11.8 Å². The molecule has 0 aromatic carbocycles. The molecule has 0 aromatic heterocycles. The van der Waals surface area contributed by atoms with Crippen LogP contribution in [0.1, 0.15) is 59.3 Å². The van der Waals surface area contributed by atoms with E-state index in [9.17, 15) is 9.59 Å². The van der Waals surface area contributed by atoms with Gasteiger partial charge in [0.05, 0.1) is 0 Å². The first-order valence-electron chi connectivity index (χ1n) is 11.0. The number of hydrogen-bond acceptors (Lipinski definition) is 4. The highest BCUT2D eigenvalue weighted by Crippen LogP contribution is 2.49. The smallest absolute Gasteiger partial charge is 0.223 e. The van der Waals surface area contributed by atoms with Gasteiger partial charge >= 0.3 is 0 Å². The summed E-state index contributed by atoms with van der Waals surface area (Å²) >= 11 is 0. The van der Waals surface area contributed by atoms with Crippen molar-refractivity contribution in [2.24, 2.45) is 5.41 Å². The maximum absolute atomic E-state index is 12.7. The second kappa shape index (κ2) is 8.91. The van der Waals surface area contributed by atoms with E-state index >= 15 is 0 Å². The minimum Gasteiger partial charge on any atom is -0.353 e. The molecule has 6 heteroatoms. The summed E-state index contributed by atoms with van der Waals surface area (Å²) in [6.07, 6.45) is 5.58. The summed E-state index contributed by atoms with van der Waals surface area (Å²) in [6.45, 7) is 13.4. The molecule has 3 aliphatic rings. The number of piperidine rings is 1. The fourth-order valence-corrected chi connectivity index (χ4v) is 4.93. The van der Waals surface area contributed by atoms with Gasteiger partial charge in [-0.2, -0.15) is 0 Å². The van der Waals surface area contributed by atoms with Crippen molar-refractivity contribution in [1.29, 1.82) is 0 Å². The molecule has 2 amide bonds. The number of carbonyl (C=O) groups excluding carboxylic acids is 2. The number of carbonyl (C=O) groups is 2. The van der Waals surface area contributed by atoms with Crippen molar-refractivity contribution in [2.45, 2.75) is 71.4 Å². The molecule has 2 aliphatic heterocycles. The van der Waals surface area contributed by atoms with Crippen LogP contribution in [0.4, 0.5) is 0 Å². The second-order valence-corrected chi connectivity index (χ2v) is 8.98. The number of amides is 2. The van der Waals surface area contributed by atoms with E-state index in [4.69, 9.17) is 0 Å². The van der Waals surface area contributed by atoms with Crippen molar-refractivity contribution in [3.05, 3.63) is 0 Å². The molecule has 3 fully saturated rings. The highest BCUT2D eigenvalue weighted by atomic mass is 16.2. The summed E-state index contributed by atoms with van der Waals surface area (Å²) in [7, 11) is 0. The molecular formula is C21H38N4O2. The number of nitrogens with zero attached hydrogens (tertiary/aromatic N) is 3. The zero-order valence-corrected chi connectivity index (χ0v) is 17.5. The molecule has 0 radical (unpaired) electrons. The zero-order valence-electron chi connectivity index (χ0n) is 17.5. The Hall–Kier alpha value is -1.14. The molecule has 0 bridgehead atoms. The third-order valence-corrected chi connectivity index (χ3v) is 7.22. The molecule has 27 heavy (non-hydrogen) atoms. The molecule has 154 valence electrons. The number of likely N-dealkylation sites (tertiary alicyclic amines) is 1. The minimum atomic E-state index is 0.162. The van der Waals surface area contributed by atoms with E-state index in [2.05, 4.69) is 33.9 Å². The van der Waals surface area contributed by atoms with Crippen molar-refractivity contribution in [1.82, 2.24) is 20.0 Å². The van der Waals surface area contributed by atoms with Gasteiger partial charge in [0.15, 0.2) is 0 Å². The predicted octanol–water partition coefficient (Wildman–Crippen LogP) is 1.70. The van der Waals surface area contributed by atoms with Crippen molar-refractivity contribution in [3.8, 4) is 0 Å². The Morgan fingerprint density at radius 3 is 2.22 bits per heavy atom. The lowest BCUT2D eigenvalue weighted by atomic mass is 9.59. The quantitative estimate of drug-likeness (QED) is 0.764. The maximum Gasteiger partial charge on any atom is 0.223 e. The molecule has 1 unspecified atom stereocenters. The molecule has 3 rings (SSSR count). The Balaban J connectivity index is 1.37. The Morgan fingerprint density at radius 2 is 1.70 bits per heavy atom. The van der Waals surface area contributed by atoms with Crippen LogP contribution in [-0.2, 0) is 9.59 Å². The number of nitrogens with one attached hydrogen (secondary N) is 1. The average molecular weight is 379 g/mol. The molecule has 6 nitrogen and oxygen atoms in total. The van der Waals surface area contributed by atoms with Crippen LogP contribution in [0.25, 0.3) is 0 Å². The molecule has 1 saturated carbocycles. The van der Waals surface area contributed by atoms with Gasteiger partial charge in [-0.25, -0.2) is 0 Å². The molecule has 1 spiro atoms. The van der Waals surface area contributed by atoms with E-state index in [0.29, 0.717) is 30.8 Å². The average Bonchev–Trinajstić information content (AvgIpc) is 2.69. The Morgan fingerprint density at radius 1 is 1.04 bits per heavy atom. The van der Waals surface area contributed by atoms with Gasteiger partial charge in [0.25, 0.3) is 0 Å². The third-order valence-electron chi connectivity index (χ3n) is 7.22. The van der Waals surface area contributed by atoms with E-state index in [-0.39, 0.29) is 11.3 Å². The normalized spacial score (nSPS) is 26.2. The van der Waals surface area contributed by atoms with Crippen molar-refractivity contribution in [2.75, 3.05) is 45.8 Å². The Kier molecular flexibility index (Phi) is 6.79. The first-order valence-corrected chi connectivity index (χ1v) is 11.0. The van der Waals surface area contributed by atoms with E-state index in [1.165, 1.54) is 6.42 Å². The first kappa shape index (κ1) is 20.6. The fraction of sp³-hybridized carbons (Fsp3) is 0.905. The van der Waals surface area contributed by atoms with Gasteiger partial charge in [0.1, 0.15) is 0 Å². The number of hydrogen-bond donors (Lipinski definition) is 1. The van der Waals surface area contributed by atoms with E-state index < -0.39 is 0 Å². The van der Waals surface area contributed by atoms with Crippen molar-refractivity contribution in [3.63, 3.8) is 0 Å². The minimum absolute atomic E-state index is 0.162. The van der Waals surface area contributed by atoms with E-state index in [1.807, 2.05) is 6.92 Å². The predicted molar refractivity (Wildman–Crippen MR) is 107 cm³/mol. The SMILES string of the molecule is CCC(=O)NC1CCC12CCN(C(=O)CCN1CCN(C(C)C)CC1)CC2. The first-order chi connectivity index (χ1) is 12.9. The number of rotatable bonds is 6. The topological polar surface area (TPSA) is 55.9 Å². The third kappa shape index (κ3) is 4.83. The molecule has 2 saturated heterocycles. The monoisotopic (exact) mass is 378 g/mol. The number of piperazine rings is 1. The summed E-state index contributed by atoms with van der Waals surface area (Å²) in [4.78, 5) is 31.4. The lowest BCUT2D eigenvalue weighted by Gasteiger charge is -2.54. The van der Waals surface area contributed by atoms with Crippen LogP contribution in [0.15, 0.2) is 0 Å². The summed E-state index contributed by atoms with van der Waals surface area (Å²) in [6, 6.07) is 0.950. The van der Waals surface area contributed by atoms with Gasteiger partial charge in [-0.05, 0) is 44.9 Å². The summed E-state index contributed by atoms with van der Waals surface area (Å²) in [5.74, 6) is 0.472. The highest BCUT2D eigenvalue weighted by molar-refractivity contribution is 5.77. The molecule has 1 aliphatic carbocycles. The molecular weight excluding hydrogens is 340 g/mol. The molecule has 1 atom stereocenters. The fourth-order valence-electron chi connectivity index (χ4n) is 4.93. The van der Waals surface area contributed by atoms with Crippen molar-refractivity contribution < 1.29 is 9.59 Å². The Labute approximate surface area is 164 Å². The largest absolute Gasteiger partial charge is 0.353 e. The second-order valence-electron chi connectivity index (χ2n) is 8.98. The summed E-state index contributed by atoms with van der Waals surface area (Å²) in [5, 5.41) is 3.20. The summed E-state index contributed by atoms with van der Waals surface area (Å²) in [5.41, 5.74) is 0.259. The van der Waals surface area contributed by atoms with Crippen LogP contribution in [0.2, 0.25) is 0 Å². The van der Waals surface area contributed by atoms with E-state index in [1.54, 1.807) is 0 Å². The van der Waals surface area contributed by atoms with Crippen LogP contribution in [0, 0.1) is 5.41 Å². The molecule has 1 N–H and O–H groups in total. The van der Waals surface area contributed by atoms with Gasteiger partial charge in [0, 0.05) is 70.7 Å². The van der Waals surface area contributed by atoms with Crippen molar-refractivity contribution >= 4 is 11.8 Å². The van der Waals surface area contributed by atoms with Crippen LogP contribution in [0.5, 0.6) is 0 Å². The van der Waals surface area contributed by atoms with Gasteiger partial charge in [-0.1, -0.05) is 6.92 Å². The van der Waals surface area contributed by atoms with Gasteiger partial charge < -0.3 is 15.1 Å². The molecule has 0 aromatic rings. The maximum atomic E-state index is 12.7. The molecule has 2 heterocycles. The van der Waals surface area contributed by atoms with Crippen LogP contribution in [0.3, 0.4) is 0 Å². The lowest BCUT2D eigenvalue weighted by Crippen LogP contribution is -2.59. The lowest BCUT2D eigenvalue weighted by molar-refractivity contribution is -0.137. The Bertz CT molecular complexity index is 520. The standard InChI is InChI=1S/C21H38N4O2/c1-4-19(26)22-18-5-7-21(18)8-11-25(12-9-21)20(27)6-10-23-13-15-24(16-14-23)17(2)3/h17-18H,4-16H2,1-3H3,(H,22,26). The van der Waals surface area contributed by atoms with Gasteiger partial charge in [-0.3, -0.25) is 14.5 Å². The van der Waals surface area contributed by atoms with E-state index in [0.717, 1.165) is 65.1 Å². The van der Waals surface area contributed by atoms with Crippen LogP contribution in [-0.4, -0.2) is 84.4 Å². The van der Waals surface area contributed by atoms with Gasteiger partial charge in [-0.15, -0.1) is 0 Å². The van der Waals surface area contributed by atoms with Crippen LogP contribution >= 0.6 is 0 Å². The highest BCUT2D eigenvalue weighted by Gasteiger charge is 2.49.